The normalized spacial score (nSPS) is 23.2. The van der Waals surface area contributed by atoms with Gasteiger partial charge in [-0.25, -0.2) is 0 Å². The molecule has 0 aliphatic carbocycles. The van der Waals surface area contributed by atoms with Crippen LogP contribution in [0.2, 0.25) is 0 Å². The van der Waals surface area contributed by atoms with Crippen molar-refractivity contribution in [3.63, 3.8) is 0 Å². The number of nitrogens with one attached hydrogen (secondary N) is 1. The Morgan fingerprint density at radius 3 is 3.00 bits per heavy atom. The molecule has 0 aromatic heterocycles. The average Bonchev–Trinajstić information content (AvgIpc) is 2.50. The third-order valence-corrected chi connectivity index (χ3v) is 4.23. The Balaban J connectivity index is 1.75. The van der Waals surface area contributed by atoms with Crippen LogP contribution in [0, 0.1) is 5.92 Å². The molecule has 1 aromatic carbocycles. The lowest BCUT2D eigenvalue weighted by atomic mass is 9.96. The maximum absolute atomic E-state index is 5.88. The van der Waals surface area contributed by atoms with Crippen molar-refractivity contribution in [1.29, 1.82) is 0 Å². The molecule has 1 saturated heterocycles. The highest BCUT2D eigenvalue weighted by Gasteiger charge is 2.25. The molecule has 2 unspecified atom stereocenters. The molecule has 21 heavy (non-hydrogen) atoms. The van der Waals surface area contributed by atoms with Crippen LogP contribution in [0.3, 0.4) is 0 Å². The fourth-order valence-corrected chi connectivity index (χ4v) is 2.85. The molecule has 118 valence electrons. The standard InChI is InChI=1S/C17H28N2O2/c1-14-7-8-19(13-17(14)20-3)9-10-21-16-6-4-5-15(11-16)12-18-2/h4-6,11,14,17-18H,7-10,12-13H2,1-3H3. The second-order valence-electron chi connectivity index (χ2n) is 5.87. The minimum atomic E-state index is 0.359. The Kier molecular flexibility index (Phi) is 6.49. The maximum atomic E-state index is 5.88. The number of hydrogen-bond acceptors (Lipinski definition) is 4. The van der Waals surface area contributed by atoms with E-state index in [0.717, 1.165) is 38.5 Å². The van der Waals surface area contributed by atoms with Gasteiger partial charge in [0.15, 0.2) is 0 Å². The molecule has 0 radical (unpaired) electrons. The van der Waals surface area contributed by atoms with Crippen LogP contribution in [-0.2, 0) is 11.3 Å². The van der Waals surface area contributed by atoms with Gasteiger partial charge in [0.2, 0.25) is 0 Å². The van der Waals surface area contributed by atoms with Gasteiger partial charge in [0.1, 0.15) is 12.4 Å². The van der Waals surface area contributed by atoms with Crippen molar-refractivity contribution >= 4 is 0 Å². The summed E-state index contributed by atoms with van der Waals surface area (Å²) in [6.45, 7) is 6.99. The number of hydrogen-bond donors (Lipinski definition) is 1. The van der Waals surface area contributed by atoms with Crippen LogP contribution in [0.4, 0.5) is 0 Å². The summed E-state index contributed by atoms with van der Waals surface area (Å²) in [5.41, 5.74) is 1.25. The zero-order chi connectivity index (χ0) is 15.1. The molecule has 0 amide bonds. The predicted molar refractivity (Wildman–Crippen MR) is 85.7 cm³/mol. The highest BCUT2D eigenvalue weighted by Crippen LogP contribution is 2.19. The second-order valence-corrected chi connectivity index (χ2v) is 5.87. The quantitative estimate of drug-likeness (QED) is 0.835. The van der Waals surface area contributed by atoms with Crippen LogP contribution in [-0.4, -0.2) is 51.4 Å². The highest BCUT2D eigenvalue weighted by atomic mass is 16.5. The molecule has 1 aromatic rings. The maximum Gasteiger partial charge on any atom is 0.119 e. The summed E-state index contributed by atoms with van der Waals surface area (Å²) in [5, 5.41) is 3.16. The third-order valence-electron chi connectivity index (χ3n) is 4.23. The summed E-state index contributed by atoms with van der Waals surface area (Å²) < 4.78 is 11.4. The van der Waals surface area contributed by atoms with E-state index in [4.69, 9.17) is 9.47 Å². The number of methoxy groups -OCH3 is 1. The SMILES string of the molecule is CNCc1cccc(OCCN2CCC(C)C(OC)C2)c1. The van der Waals surface area contributed by atoms with E-state index >= 15 is 0 Å². The Labute approximate surface area is 128 Å². The lowest BCUT2D eigenvalue weighted by Gasteiger charge is -2.36. The third kappa shape index (κ3) is 4.99. The lowest BCUT2D eigenvalue weighted by molar-refractivity contribution is -0.00788. The molecule has 4 heteroatoms. The van der Waals surface area contributed by atoms with E-state index in [9.17, 15) is 0 Å². The topological polar surface area (TPSA) is 33.7 Å². The van der Waals surface area contributed by atoms with Crippen molar-refractivity contribution in [2.24, 2.45) is 5.92 Å². The first-order valence-corrected chi connectivity index (χ1v) is 7.84. The molecule has 1 fully saturated rings. The number of benzene rings is 1. The zero-order valence-corrected chi connectivity index (χ0v) is 13.5. The first kappa shape index (κ1) is 16.3. The van der Waals surface area contributed by atoms with Crippen molar-refractivity contribution in [3.8, 4) is 5.75 Å². The number of likely N-dealkylation sites (tertiary alicyclic amines) is 1. The monoisotopic (exact) mass is 292 g/mol. The van der Waals surface area contributed by atoms with Crippen LogP contribution < -0.4 is 10.1 Å². The molecule has 1 aliphatic rings. The van der Waals surface area contributed by atoms with E-state index < -0.39 is 0 Å². The van der Waals surface area contributed by atoms with E-state index in [2.05, 4.69) is 29.3 Å². The fraction of sp³-hybridized carbons (Fsp3) is 0.647. The van der Waals surface area contributed by atoms with Gasteiger partial charge in [-0.3, -0.25) is 4.90 Å². The van der Waals surface area contributed by atoms with Gasteiger partial charge in [0, 0.05) is 26.7 Å². The number of nitrogens with zero attached hydrogens (tertiary/aromatic N) is 1. The Morgan fingerprint density at radius 1 is 1.38 bits per heavy atom. The summed E-state index contributed by atoms with van der Waals surface area (Å²) >= 11 is 0. The van der Waals surface area contributed by atoms with Gasteiger partial charge in [-0.15, -0.1) is 0 Å². The van der Waals surface area contributed by atoms with Gasteiger partial charge in [0.05, 0.1) is 6.10 Å². The van der Waals surface area contributed by atoms with Crippen molar-refractivity contribution in [3.05, 3.63) is 29.8 Å². The van der Waals surface area contributed by atoms with Gasteiger partial charge in [-0.1, -0.05) is 19.1 Å². The predicted octanol–water partition coefficient (Wildman–Crippen LogP) is 2.14. The average molecular weight is 292 g/mol. The van der Waals surface area contributed by atoms with Crippen molar-refractivity contribution < 1.29 is 9.47 Å². The van der Waals surface area contributed by atoms with Crippen LogP contribution in [0.15, 0.2) is 24.3 Å². The number of ether oxygens (including phenoxy) is 2. The summed E-state index contributed by atoms with van der Waals surface area (Å²) in [6.07, 6.45) is 1.56. The second kappa shape index (κ2) is 8.37. The summed E-state index contributed by atoms with van der Waals surface area (Å²) in [6, 6.07) is 8.28. The lowest BCUT2D eigenvalue weighted by Crippen LogP contribution is -2.45. The van der Waals surface area contributed by atoms with E-state index in [-0.39, 0.29) is 0 Å². The van der Waals surface area contributed by atoms with Gasteiger partial charge < -0.3 is 14.8 Å². The van der Waals surface area contributed by atoms with Gasteiger partial charge in [-0.2, -0.15) is 0 Å². The van der Waals surface area contributed by atoms with Crippen LogP contribution in [0.1, 0.15) is 18.9 Å². The first-order valence-electron chi connectivity index (χ1n) is 7.84. The van der Waals surface area contributed by atoms with E-state index in [0.29, 0.717) is 12.0 Å². The summed E-state index contributed by atoms with van der Waals surface area (Å²) in [5.74, 6) is 1.61. The smallest absolute Gasteiger partial charge is 0.119 e. The molecule has 0 spiro atoms. The van der Waals surface area contributed by atoms with E-state index in [1.807, 2.05) is 26.3 Å². The van der Waals surface area contributed by atoms with Crippen molar-refractivity contribution in [1.82, 2.24) is 10.2 Å². The van der Waals surface area contributed by atoms with E-state index in [1.165, 1.54) is 12.0 Å². The molecular formula is C17H28N2O2. The molecule has 1 aliphatic heterocycles. The molecule has 2 rings (SSSR count). The van der Waals surface area contributed by atoms with Gasteiger partial charge in [-0.05, 0) is 43.6 Å². The molecule has 0 bridgehead atoms. The Hall–Kier alpha value is -1.10. The van der Waals surface area contributed by atoms with E-state index in [1.54, 1.807) is 0 Å². The Morgan fingerprint density at radius 2 is 2.24 bits per heavy atom. The summed E-state index contributed by atoms with van der Waals surface area (Å²) in [4.78, 5) is 2.44. The minimum absolute atomic E-state index is 0.359. The molecule has 4 nitrogen and oxygen atoms in total. The van der Waals surface area contributed by atoms with Gasteiger partial charge >= 0.3 is 0 Å². The highest BCUT2D eigenvalue weighted by molar-refractivity contribution is 5.28. The number of piperidine rings is 1. The first-order chi connectivity index (χ1) is 10.2. The van der Waals surface area contributed by atoms with Crippen LogP contribution >= 0.6 is 0 Å². The molecule has 1 heterocycles. The van der Waals surface area contributed by atoms with Crippen LogP contribution in [0.5, 0.6) is 5.75 Å². The van der Waals surface area contributed by atoms with Crippen LogP contribution in [0.25, 0.3) is 0 Å². The molecule has 0 saturated carbocycles. The zero-order valence-electron chi connectivity index (χ0n) is 13.5. The molecular weight excluding hydrogens is 264 g/mol. The summed E-state index contributed by atoms with van der Waals surface area (Å²) in [7, 11) is 3.77. The minimum Gasteiger partial charge on any atom is -0.492 e. The largest absolute Gasteiger partial charge is 0.492 e. The van der Waals surface area contributed by atoms with Crippen molar-refractivity contribution in [2.75, 3.05) is 40.4 Å². The van der Waals surface area contributed by atoms with Gasteiger partial charge in [0.25, 0.3) is 0 Å². The van der Waals surface area contributed by atoms with Crippen molar-refractivity contribution in [2.45, 2.75) is 26.0 Å². The Bertz CT molecular complexity index is 425. The molecule has 1 N–H and O–H groups in total. The molecule has 2 atom stereocenters. The fourth-order valence-electron chi connectivity index (χ4n) is 2.85. The number of rotatable bonds is 7.